The fourth-order valence-corrected chi connectivity index (χ4v) is 5.94. The summed E-state index contributed by atoms with van der Waals surface area (Å²) in [6, 6.07) is -0.294. The number of carbonyl (C=O) groups excluding carboxylic acids is 2. The fraction of sp³-hybridized carbons (Fsp3) is 0.750. The van der Waals surface area contributed by atoms with Crippen LogP contribution in [0.25, 0.3) is 0 Å². The summed E-state index contributed by atoms with van der Waals surface area (Å²) in [6.45, 7) is 5.21. The molecular weight excluding hydrogens is 350 g/mol. The molecule has 2 bridgehead atoms. The summed E-state index contributed by atoms with van der Waals surface area (Å²) in [5.41, 5.74) is 0.385. The molecule has 1 N–H and O–H groups in total. The molecule has 1 aliphatic carbocycles. The molecule has 0 aromatic rings. The Morgan fingerprint density at radius 2 is 2.00 bits per heavy atom. The first-order valence-corrected chi connectivity index (χ1v) is 9.99. The number of fused-ring (bicyclic) bond motifs is 1. The highest BCUT2D eigenvalue weighted by Gasteiger charge is 2.67. The van der Waals surface area contributed by atoms with Crippen molar-refractivity contribution < 1.29 is 31.7 Å². The van der Waals surface area contributed by atoms with Crippen molar-refractivity contribution in [2.45, 2.75) is 68.3 Å². The maximum absolute atomic E-state index is 12.6. The normalized spacial score (nSPS) is 43.2. The molecular formula is C16H21NO7S. The number of hydrogen-bond donors (Lipinski definition) is 1. The van der Waals surface area contributed by atoms with Gasteiger partial charge < -0.3 is 14.8 Å². The zero-order valence-corrected chi connectivity index (χ0v) is 14.7. The average molecular weight is 371 g/mol. The molecule has 138 valence electrons. The molecule has 3 aliphatic heterocycles. The number of amides is 1. The Morgan fingerprint density at radius 3 is 2.72 bits per heavy atom. The highest BCUT2D eigenvalue weighted by atomic mass is 32.2. The van der Waals surface area contributed by atoms with Gasteiger partial charge in [-0.1, -0.05) is 13.0 Å². The molecule has 9 heteroatoms. The van der Waals surface area contributed by atoms with E-state index in [0.717, 1.165) is 6.42 Å². The van der Waals surface area contributed by atoms with E-state index in [-0.39, 0.29) is 11.9 Å². The molecule has 25 heavy (non-hydrogen) atoms. The van der Waals surface area contributed by atoms with Crippen LogP contribution in [-0.2, 0) is 33.4 Å². The summed E-state index contributed by atoms with van der Waals surface area (Å²) < 4.78 is 40.2. The number of nitrogens with one attached hydrogen (secondary N) is 1. The molecule has 4 rings (SSSR count). The molecule has 0 spiro atoms. The molecule has 4 aliphatic rings. The van der Waals surface area contributed by atoms with Crippen LogP contribution in [0.1, 0.15) is 32.6 Å². The Labute approximate surface area is 146 Å². The first-order valence-electron chi connectivity index (χ1n) is 8.52. The molecule has 1 saturated carbocycles. The fourth-order valence-electron chi connectivity index (χ4n) is 4.30. The van der Waals surface area contributed by atoms with Crippen molar-refractivity contribution in [1.82, 2.24) is 5.32 Å². The van der Waals surface area contributed by atoms with Crippen LogP contribution >= 0.6 is 0 Å². The topological polar surface area (TPSA) is 108 Å². The molecule has 1 amide bonds. The zero-order valence-electron chi connectivity index (χ0n) is 13.8. The summed E-state index contributed by atoms with van der Waals surface area (Å²) in [5.74, 6) is -1.16. The van der Waals surface area contributed by atoms with Crippen molar-refractivity contribution in [2.75, 3.05) is 0 Å². The molecule has 7 unspecified atom stereocenters. The van der Waals surface area contributed by atoms with Crippen LogP contribution in [0.5, 0.6) is 0 Å². The first kappa shape index (κ1) is 17.0. The predicted octanol–water partition coefficient (Wildman–Crippen LogP) is 0.0275. The van der Waals surface area contributed by atoms with Gasteiger partial charge in [-0.15, -0.1) is 0 Å². The van der Waals surface area contributed by atoms with E-state index < -0.39 is 51.7 Å². The third-order valence-corrected chi connectivity index (χ3v) is 7.26. The van der Waals surface area contributed by atoms with Crippen LogP contribution in [0, 0.1) is 5.92 Å². The van der Waals surface area contributed by atoms with E-state index in [2.05, 4.69) is 11.9 Å². The lowest BCUT2D eigenvalue weighted by atomic mass is 9.94. The molecule has 3 heterocycles. The predicted molar refractivity (Wildman–Crippen MR) is 84.8 cm³/mol. The van der Waals surface area contributed by atoms with E-state index in [1.54, 1.807) is 6.92 Å². The first-order chi connectivity index (χ1) is 11.8. The van der Waals surface area contributed by atoms with Gasteiger partial charge in [-0.3, -0.25) is 13.8 Å². The Kier molecular flexibility index (Phi) is 3.93. The van der Waals surface area contributed by atoms with E-state index in [4.69, 9.17) is 13.7 Å². The van der Waals surface area contributed by atoms with Crippen molar-refractivity contribution in [3.63, 3.8) is 0 Å². The van der Waals surface area contributed by atoms with Gasteiger partial charge in [0, 0.05) is 11.6 Å². The van der Waals surface area contributed by atoms with Gasteiger partial charge in [0.05, 0.1) is 12.0 Å². The Balaban J connectivity index is 1.43. The number of hydrogen-bond acceptors (Lipinski definition) is 7. The van der Waals surface area contributed by atoms with Gasteiger partial charge in [-0.2, -0.15) is 8.42 Å². The third kappa shape index (κ3) is 2.69. The van der Waals surface area contributed by atoms with Crippen LogP contribution in [-0.4, -0.2) is 56.0 Å². The van der Waals surface area contributed by atoms with Crippen molar-refractivity contribution >= 4 is 22.0 Å². The molecule has 4 fully saturated rings. The summed E-state index contributed by atoms with van der Waals surface area (Å²) in [5, 5.41) is 2.17. The second-order valence-electron chi connectivity index (χ2n) is 7.27. The van der Waals surface area contributed by atoms with Gasteiger partial charge in [0.25, 0.3) is 10.1 Å². The number of rotatable bonds is 4. The van der Waals surface area contributed by atoms with Crippen LogP contribution in [0.4, 0.5) is 0 Å². The van der Waals surface area contributed by atoms with Gasteiger partial charge in [0.15, 0.2) is 6.10 Å². The SMILES string of the molecule is C=C(C)C(=O)NC1CCCC1C(=O)OC1C2CC3C(O2)C1OS3(=O)=O. The molecule has 8 nitrogen and oxygen atoms in total. The minimum atomic E-state index is -3.64. The van der Waals surface area contributed by atoms with E-state index in [1.807, 2.05) is 0 Å². The van der Waals surface area contributed by atoms with E-state index >= 15 is 0 Å². The van der Waals surface area contributed by atoms with E-state index in [1.165, 1.54) is 0 Å². The van der Waals surface area contributed by atoms with Gasteiger partial charge in [0.1, 0.15) is 17.5 Å². The Hall–Kier alpha value is -1.45. The zero-order chi connectivity index (χ0) is 17.9. The van der Waals surface area contributed by atoms with E-state index in [0.29, 0.717) is 24.8 Å². The van der Waals surface area contributed by atoms with Crippen molar-refractivity contribution in [3.8, 4) is 0 Å². The molecule has 7 atom stereocenters. The second-order valence-corrected chi connectivity index (χ2v) is 9.05. The Bertz CT molecular complexity index is 733. The number of carbonyl (C=O) groups is 2. The van der Waals surface area contributed by atoms with Gasteiger partial charge in [0.2, 0.25) is 5.91 Å². The van der Waals surface area contributed by atoms with Crippen LogP contribution in [0.3, 0.4) is 0 Å². The number of ether oxygens (including phenoxy) is 2. The quantitative estimate of drug-likeness (QED) is 0.422. The highest BCUT2D eigenvalue weighted by molar-refractivity contribution is 7.87. The van der Waals surface area contributed by atoms with Crippen molar-refractivity contribution in [2.24, 2.45) is 5.92 Å². The van der Waals surface area contributed by atoms with Crippen LogP contribution in [0.15, 0.2) is 12.2 Å². The minimum Gasteiger partial charge on any atom is -0.456 e. The number of esters is 1. The summed E-state index contributed by atoms with van der Waals surface area (Å²) in [7, 11) is -3.64. The maximum Gasteiger partial charge on any atom is 0.311 e. The molecule has 3 saturated heterocycles. The van der Waals surface area contributed by atoms with Crippen molar-refractivity contribution in [3.05, 3.63) is 12.2 Å². The maximum atomic E-state index is 12.6. The largest absolute Gasteiger partial charge is 0.456 e. The smallest absolute Gasteiger partial charge is 0.311 e. The van der Waals surface area contributed by atoms with Gasteiger partial charge in [-0.05, 0) is 26.2 Å². The standard InChI is InChI=1S/C16H21NO7S/c1-7(2)15(18)17-9-5-3-4-8(9)16(19)23-12-10-6-11-13(22-10)14(12)24-25(11,20)21/h8-14H,1,3-6H2,2H3,(H,17,18). The summed E-state index contributed by atoms with van der Waals surface area (Å²) in [4.78, 5) is 24.4. The monoisotopic (exact) mass is 371 g/mol. The molecule has 0 aromatic heterocycles. The van der Waals surface area contributed by atoms with Gasteiger partial charge in [-0.25, -0.2) is 0 Å². The average Bonchev–Trinajstić information content (AvgIpc) is 3.24. The summed E-state index contributed by atoms with van der Waals surface area (Å²) in [6.07, 6.45) is -0.0174. The molecule has 0 radical (unpaired) electrons. The Morgan fingerprint density at radius 1 is 1.24 bits per heavy atom. The van der Waals surface area contributed by atoms with E-state index in [9.17, 15) is 18.0 Å². The van der Waals surface area contributed by atoms with Crippen LogP contribution < -0.4 is 5.32 Å². The lowest BCUT2D eigenvalue weighted by molar-refractivity contribution is -0.160. The van der Waals surface area contributed by atoms with Gasteiger partial charge >= 0.3 is 5.97 Å². The minimum absolute atomic E-state index is 0.277. The second kappa shape index (κ2) is 5.78. The van der Waals surface area contributed by atoms with Crippen molar-refractivity contribution in [1.29, 1.82) is 0 Å². The lowest BCUT2D eigenvalue weighted by Crippen LogP contribution is -2.45. The van der Waals surface area contributed by atoms with Crippen LogP contribution in [0.2, 0.25) is 0 Å². The lowest BCUT2D eigenvalue weighted by Gasteiger charge is -2.26. The summed E-state index contributed by atoms with van der Waals surface area (Å²) >= 11 is 0. The molecule has 0 aromatic carbocycles. The third-order valence-electron chi connectivity index (χ3n) is 5.57. The highest BCUT2D eigenvalue weighted by Crippen LogP contribution is 2.48.